The molecular weight excluding hydrogens is 414 g/mol. The molecule has 0 spiro atoms. The van der Waals surface area contributed by atoms with Crippen molar-refractivity contribution >= 4 is 40.3 Å². The molecule has 3 heterocycles. The average molecular weight is 436 g/mol. The van der Waals surface area contributed by atoms with E-state index in [0.29, 0.717) is 16.6 Å². The molecule has 0 atom stereocenters. The molecule has 0 bridgehead atoms. The summed E-state index contributed by atoms with van der Waals surface area (Å²) in [6, 6.07) is 15.7. The number of thioether (sulfide) groups is 1. The van der Waals surface area contributed by atoms with Crippen LogP contribution in [-0.2, 0) is 4.79 Å². The smallest absolute Gasteiger partial charge is 0.234 e. The van der Waals surface area contributed by atoms with Crippen molar-refractivity contribution in [2.75, 3.05) is 11.1 Å². The van der Waals surface area contributed by atoms with E-state index in [1.54, 1.807) is 27.6 Å². The summed E-state index contributed by atoms with van der Waals surface area (Å²) < 4.78 is 1.77. The molecule has 1 saturated carbocycles. The molecule has 0 saturated heterocycles. The Hall–Kier alpha value is -2.71. The van der Waals surface area contributed by atoms with Crippen LogP contribution in [-0.4, -0.2) is 36.7 Å². The zero-order chi connectivity index (χ0) is 20.3. The number of nitrogens with one attached hydrogen (secondary N) is 1. The molecule has 152 valence electrons. The lowest BCUT2D eigenvalue weighted by molar-refractivity contribution is -0.113. The summed E-state index contributed by atoms with van der Waals surface area (Å²) in [5, 5.41) is 18.9. The van der Waals surface area contributed by atoms with Crippen molar-refractivity contribution in [1.29, 1.82) is 0 Å². The normalized spacial score (nSPS) is 14.4. The standard InChI is InChI=1S/C22H21N5OS2/c28-21(14-30-17-4-1-2-5-17)23-16-9-7-15(8-10-16)18-11-12-20-24-25-22(27(20)26-18)19-6-3-13-29-19/h3,6-13,17H,1-2,4-5,14H2,(H,23,28). The van der Waals surface area contributed by atoms with E-state index < -0.39 is 0 Å². The van der Waals surface area contributed by atoms with E-state index in [9.17, 15) is 4.79 Å². The molecule has 1 fully saturated rings. The number of amides is 1. The minimum Gasteiger partial charge on any atom is -0.325 e. The lowest BCUT2D eigenvalue weighted by Crippen LogP contribution is -2.15. The number of fused-ring (bicyclic) bond motifs is 1. The molecule has 3 aromatic heterocycles. The second kappa shape index (κ2) is 8.57. The second-order valence-corrected chi connectivity index (χ2v) is 9.57. The first kappa shape index (κ1) is 19.3. The molecule has 1 aliphatic carbocycles. The van der Waals surface area contributed by atoms with Crippen LogP contribution in [0.5, 0.6) is 0 Å². The van der Waals surface area contributed by atoms with Crippen LogP contribution in [0.1, 0.15) is 25.7 Å². The van der Waals surface area contributed by atoms with Gasteiger partial charge in [0.15, 0.2) is 11.5 Å². The molecule has 4 aromatic rings. The topological polar surface area (TPSA) is 72.2 Å². The van der Waals surface area contributed by atoms with Crippen molar-refractivity contribution in [2.45, 2.75) is 30.9 Å². The number of rotatable bonds is 6. The average Bonchev–Trinajstić information content (AvgIpc) is 3.54. The number of thiophene rings is 1. The number of carbonyl (C=O) groups is 1. The molecule has 30 heavy (non-hydrogen) atoms. The summed E-state index contributed by atoms with van der Waals surface area (Å²) in [7, 11) is 0. The first-order chi connectivity index (χ1) is 14.8. The van der Waals surface area contributed by atoms with Crippen molar-refractivity contribution in [3.63, 3.8) is 0 Å². The van der Waals surface area contributed by atoms with E-state index in [-0.39, 0.29) is 5.91 Å². The highest BCUT2D eigenvalue weighted by atomic mass is 32.2. The zero-order valence-corrected chi connectivity index (χ0v) is 18.0. The molecule has 1 N–H and O–H groups in total. The van der Waals surface area contributed by atoms with Crippen molar-refractivity contribution < 1.29 is 4.79 Å². The minimum absolute atomic E-state index is 0.0595. The number of aromatic nitrogens is 4. The van der Waals surface area contributed by atoms with Crippen LogP contribution in [0.25, 0.3) is 27.6 Å². The van der Waals surface area contributed by atoms with Gasteiger partial charge in [-0.3, -0.25) is 4.79 Å². The Morgan fingerprint density at radius 1 is 1.10 bits per heavy atom. The summed E-state index contributed by atoms with van der Waals surface area (Å²) >= 11 is 3.39. The fraction of sp³-hybridized carbons (Fsp3) is 0.273. The summed E-state index contributed by atoms with van der Waals surface area (Å²) in [4.78, 5) is 13.3. The van der Waals surface area contributed by atoms with Gasteiger partial charge in [0.05, 0.1) is 16.3 Å². The molecule has 1 amide bonds. The fourth-order valence-corrected chi connectivity index (χ4v) is 5.49. The van der Waals surface area contributed by atoms with E-state index >= 15 is 0 Å². The summed E-state index contributed by atoms with van der Waals surface area (Å²) in [5.41, 5.74) is 3.32. The van der Waals surface area contributed by atoms with Gasteiger partial charge in [0.25, 0.3) is 0 Å². The van der Waals surface area contributed by atoms with Gasteiger partial charge in [-0.2, -0.15) is 9.61 Å². The Morgan fingerprint density at radius 2 is 1.93 bits per heavy atom. The van der Waals surface area contributed by atoms with Gasteiger partial charge >= 0.3 is 0 Å². The highest BCUT2D eigenvalue weighted by Crippen LogP contribution is 2.29. The molecule has 5 rings (SSSR count). The number of hydrogen-bond acceptors (Lipinski definition) is 6. The molecular formula is C22H21N5OS2. The maximum absolute atomic E-state index is 12.2. The van der Waals surface area contributed by atoms with Gasteiger partial charge in [-0.05, 0) is 48.6 Å². The third kappa shape index (κ3) is 4.11. The first-order valence-electron chi connectivity index (χ1n) is 10.0. The largest absolute Gasteiger partial charge is 0.325 e. The van der Waals surface area contributed by atoms with Gasteiger partial charge in [-0.25, -0.2) is 0 Å². The SMILES string of the molecule is O=C(CSC1CCCC1)Nc1ccc(-c2ccc3nnc(-c4cccs4)n3n2)cc1. The number of anilines is 1. The molecule has 0 aliphatic heterocycles. The maximum Gasteiger partial charge on any atom is 0.234 e. The molecule has 8 heteroatoms. The van der Waals surface area contributed by atoms with Crippen LogP contribution in [0.15, 0.2) is 53.9 Å². The van der Waals surface area contributed by atoms with Gasteiger partial charge < -0.3 is 5.32 Å². The number of carbonyl (C=O) groups excluding carboxylic acids is 1. The van der Waals surface area contributed by atoms with Gasteiger partial charge in [0.1, 0.15) is 0 Å². The molecule has 6 nitrogen and oxygen atoms in total. The number of hydrogen-bond donors (Lipinski definition) is 1. The Labute approximate surface area is 182 Å². The zero-order valence-electron chi connectivity index (χ0n) is 16.3. The summed E-state index contributed by atoms with van der Waals surface area (Å²) in [6.07, 6.45) is 5.07. The lowest BCUT2D eigenvalue weighted by Gasteiger charge is -2.09. The second-order valence-electron chi connectivity index (χ2n) is 7.33. The maximum atomic E-state index is 12.2. The van der Waals surface area contributed by atoms with Crippen LogP contribution >= 0.6 is 23.1 Å². The van der Waals surface area contributed by atoms with Gasteiger partial charge in [0.2, 0.25) is 5.91 Å². The van der Waals surface area contributed by atoms with Crippen molar-refractivity contribution in [3.8, 4) is 22.0 Å². The monoisotopic (exact) mass is 435 g/mol. The Balaban J connectivity index is 1.29. The number of benzene rings is 1. The molecule has 1 aliphatic rings. The highest BCUT2D eigenvalue weighted by molar-refractivity contribution is 8.00. The van der Waals surface area contributed by atoms with Crippen molar-refractivity contribution in [3.05, 3.63) is 53.9 Å². The predicted octanol–water partition coefficient (Wildman–Crippen LogP) is 5.13. The summed E-state index contributed by atoms with van der Waals surface area (Å²) in [5.74, 6) is 1.32. The van der Waals surface area contributed by atoms with Crippen LogP contribution < -0.4 is 5.32 Å². The first-order valence-corrected chi connectivity index (χ1v) is 12.0. The summed E-state index contributed by atoms with van der Waals surface area (Å²) in [6.45, 7) is 0. The van der Waals surface area contributed by atoms with Crippen LogP contribution in [0.2, 0.25) is 0 Å². The van der Waals surface area contributed by atoms with Gasteiger partial charge in [-0.15, -0.1) is 33.3 Å². The number of nitrogens with zero attached hydrogens (tertiary/aromatic N) is 4. The third-order valence-corrected chi connectivity index (χ3v) is 7.46. The third-order valence-electron chi connectivity index (χ3n) is 5.22. The van der Waals surface area contributed by atoms with Gasteiger partial charge in [0, 0.05) is 16.5 Å². The quantitative estimate of drug-likeness (QED) is 0.454. The van der Waals surface area contributed by atoms with E-state index in [2.05, 4.69) is 15.5 Å². The van der Waals surface area contributed by atoms with Gasteiger partial charge in [-0.1, -0.05) is 31.0 Å². The Bertz CT molecular complexity index is 1150. The molecule has 0 unspecified atom stereocenters. The Kier molecular flexibility index (Phi) is 5.50. The predicted molar refractivity (Wildman–Crippen MR) is 123 cm³/mol. The fourth-order valence-electron chi connectivity index (χ4n) is 3.67. The van der Waals surface area contributed by atoms with E-state index in [0.717, 1.165) is 27.6 Å². The van der Waals surface area contributed by atoms with E-state index in [4.69, 9.17) is 5.10 Å². The minimum atomic E-state index is 0.0595. The van der Waals surface area contributed by atoms with E-state index in [1.807, 2.05) is 53.9 Å². The molecule has 0 radical (unpaired) electrons. The van der Waals surface area contributed by atoms with Crippen LogP contribution in [0.3, 0.4) is 0 Å². The molecule has 1 aromatic carbocycles. The highest BCUT2D eigenvalue weighted by Gasteiger charge is 2.17. The van der Waals surface area contributed by atoms with Crippen molar-refractivity contribution in [2.24, 2.45) is 0 Å². The van der Waals surface area contributed by atoms with Crippen molar-refractivity contribution in [1.82, 2.24) is 19.8 Å². The van der Waals surface area contributed by atoms with Crippen LogP contribution in [0, 0.1) is 0 Å². The van der Waals surface area contributed by atoms with E-state index in [1.165, 1.54) is 25.7 Å². The Morgan fingerprint density at radius 3 is 2.70 bits per heavy atom. The van der Waals surface area contributed by atoms with Crippen LogP contribution in [0.4, 0.5) is 5.69 Å². The lowest BCUT2D eigenvalue weighted by atomic mass is 10.1.